The Bertz CT molecular complexity index is 825. The lowest BCUT2D eigenvalue weighted by molar-refractivity contribution is -0.124. The zero-order valence-corrected chi connectivity index (χ0v) is 14.9. The number of nitrogens with zero attached hydrogens (tertiary/aromatic N) is 2. The van der Waals surface area contributed by atoms with Crippen molar-refractivity contribution in [3.8, 4) is 6.07 Å². The molecule has 26 heavy (non-hydrogen) atoms. The van der Waals surface area contributed by atoms with Gasteiger partial charge < -0.3 is 0 Å². The molecule has 134 valence electrons. The van der Waals surface area contributed by atoms with E-state index in [1.54, 1.807) is 55.3 Å². The molecule has 0 fully saturated rings. The highest BCUT2D eigenvalue weighted by molar-refractivity contribution is 5.87. The van der Waals surface area contributed by atoms with Crippen LogP contribution in [0.25, 0.3) is 0 Å². The van der Waals surface area contributed by atoms with E-state index >= 15 is 0 Å². The van der Waals surface area contributed by atoms with Crippen molar-refractivity contribution in [3.05, 3.63) is 71.0 Å². The predicted molar refractivity (Wildman–Crippen MR) is 97.1 cm³/mol. The van der Waals surface area contributed by atoms with Crippen molar-refractivity contribution in [3.63, 3.8) is 0 Å². The maximum atomic E-state index is 13.2. The van der Waals surface area contributed by atoms with E-state index in [1.165, 1.54) is 12.1 Å². The summed E-state index contributed by atoms with van der Waals surface area (Å²) in [6.07, 6.45) is 0.383. The molecule has 0 heterocycles. The molecule has 4 nitrogen and oxygen atoms in total. The minimum Gasteiger partial charge on any atom is -0.298 e. The number of carbonyl (C=O) groups excluding carboxylic acids is 2. The summed E-state index contributed by atoms with van der Waals surface area (Å²) in [5, 5.41) is 8.80. The molecule has 0 aromatic heterocycles. The maximum absolute atomic E-state index is 13.2. The van der Waals surface area contributed by atoms with Crippen LogP contribution < -0.4 is 0 Å². The highest BCUT2D eigenvalue weighted by Gasteiger charge is 2.20. The Kier molecular flexibility index (Phi) is 6.76. The first-order chi connectivity index (χ1) is 12.4. The van der Waals surface area contributed by atoms with E-state index in [0.29, 0.717) is 11.1 Å². The van der Waals surface area contributed by atoms with Crippen molar-refractivity contribution in [2.75, 3.05) is 13.6 Å². The fourth-order valence-electron chi connectivity index (χ4n) is 2.64. The number of Topliss-reactive ketones (excluding diaryl/α,β-unsaturated/α-hetero) is 2. The smallest absolute Gasteiger partial charge is 0.154 e. The Balaban J connectivity index is 1.88. The van der Waals surface area contributed by atoms with Gasteiger partial charge in [-0.05, 0) is 49.4 Å². The standard InChI is InChI=1S/C21H21FN2O2/c1-15(21(26)12-16-6-8-17(13-23)9-7-16)24(2)14-20(25)11-18-4-3-5-19(22)10-18/h3-10,15H,11-12,14H2,1-2H3. The van der Waals surface area contributed by atoms with Gasteiger partial charge in [0.25, 0.3) is 0 Å². The van der Waals surface area contributed by atoms with Crippen LogP contribution in [0.1, 0.15) is 23.6 Å². The van der Waals surface area contributed by atoms with E-state index < -0.39 is 6.04 Å². The van der Waals surface area contributed by atoms with Crippen LogP contribution >= 0.6 is 0 Å². The Morgan fingerprint density at radius 3 is 2.42 bits per heavy atom. The Morgan fingerprint density at radius 2 is 1.81 bits per heavy atom. The Morgan fingerprint density at radius 1 is 1.12 bits per heavy atom. The minimum atomic E-state index is -0.415. The van der Waals surface area contributed by atoms with Gasteiger partial charge in [0, 0.05) is 12.8 Å². The van der Waals surface area contributed by atoms with Crippen molar-refractivity contribution < 1.29 is 14.0 Å². The van der Waals surface area contributed by atoms with Crippen LogP contribution in [-0.4, -0.2) is 36.1 Å². The van der Waals surface area contributed by atoms with Gasteiger partial charge in [-0.25, -0.2) is 4.39 Å². The fraction of sp³-hybridized carbons (Fsp3) is 0.286. The van der Waals surface area contributed by atoms with Crippen LogP contribution in [0.15, 0.2) is 48.5 Å². The molecule has 2 aromatic rings. The molecule has 0 radical (unpaired) electrons. The highest BCUT2D eigenvalue weighted by Crippen LogP contribution is 2.09. The summed E-state index contributed by atoms with van der Waals surface area (Å²) in [5.74, 6) is -0.443. The monoisotopic (exact) mass is 352 g/mol. The van der Waals surface area contributed by atoms with E-state index in [2.05, 4.69) is 0 Å². The van der Waals surface area contributed by atoms with Gasteiger partial charge in [-0.1, -0.05) is 24.3 Å². The van der Waals surface area contributed by atoms with E-state index in [0.717, 1.165) is 5.56 Å². The zero-order chi connectivity index (χ0) is 19.1. The second-order valence-electron chi connectivity index (χ2n) is 6.39. The predicted octanol–water partition coefficient (Wildman–Crippen LogP) is 2.94. The summed E-state index contributed by atoms with van der Waals surface area (Å²) in [5.41, 5.74) is 2.01. The van der Waals surface area contributed by atoms with Gasteiger partial charge in [0.2, 0.25) is 0 Å². The number of hydrogen-bond acceptors (Lipinski definition) is 4. The number of likely N-dealkylation sites (N-methyl/N-ethyl adjacent to an activating group) is 1. The van der Waals surface area contributed by atoms with Gasteiger partial charge in [0.05, 0.1) is 24.2 Å². The van der Waals surface area contributed by atoms with Gasteiger partial charge in [-0.3, -0.25) is 14.5 Å². The van der Waals surface area contributed by atoms with Crippen LogP contribution in [0.3, 0.4) is 0 Å². The fourth-order valence-corrected chi connectivity index (χ4v) is 2.64. The van der Waals surface area contributed by atoms with Crippen molar-refractivity contribution >= 4 is 11.6 Å². The average Bonchev–Trinajstić information content (AvgIpc) is 2.61. The molecule has 0 amide bonds. The highest BCUT2D eigenvalue weighted by atomic mass is 19.1. The number of ketones is 2. The van der Waals surface area contributed by atoms with Crippen molar-refractivity contribution in [2.45, 2.75) is 25.8 Å². The molecule has 1 unspecified atom stereocenters. The quantitative estimate of drug-likeness (QED) is 0.733. The molecule has 0 N–H and O–H groups in total. The van der Waals surface area contributed by atoms with Gasteiger partial charge in [0.1, 0.15) is 5.82 Å². The average molecular weight is 352 g/mol. The van der Waals surface area contributed by atoms with Gasteiger partial charge in [-0.15, -0.1) is 0 Å². The molecule has 0 spiro atoms. The van der Waals surface area contributed by atoms with Crippen molar-refractivity contribution in [2.24, 2.45) is 0 Å². The van der Waals surface area contributed by atoms with Gasteiger partial charge in [-0.2, -0.15) is 5.26 Å². The van der Waals surface area contributed by atoms with Crippen LogP contribution in [-0.2, 0) is 22.4 Å². The summed E-state index contributed by atoms with van der Waals surface area (Å²) >= 11 is 0. The summed E-state index contributed by atoms with van der Waals surface area (Å²) < 4.78 is 13.2. The minimum absolute atomic E-state index is 0.00392. The molecule has 0 aliphatic rings. The summed E-state index contributed by atoms with van der Waals surface area (Å²) in [7, 11) is 1.73. The molecular weight excluding hydrogens is 331 g/mol. The topological polar surface area (TPSA) is 61.2 Å². The first-order valence-corrected chi connectivity index (χ1v) is 8.37. The van der Waals surface area contributed by atoms with E-state index in [4.69, 9.17) is 5.26 Å². The summed E-state index contributed by atoms with van der Waals surface area (Å²) in [6.45, 7) is 1.89. The lowest BCUT2D eigenvalue weighted by atomic mass is 10.0. The molecule has 0 bridgehead atoms. The molecule has 0 aliphatic carbocycles. The van der Waals surface area contributed by atoms with Gasteiger partial charge >= 0.3 is 0 Å². The molecule has 0 aliphatic heterocycles. The second-order valence-corrected chi connectivity index (χ2v) is 6.39. The van der Waals surface area contributed by atoms with Crippen molar-refractivity contribution in [1.82, 2.24) is 4.90 Å². The third kappa shape index (κ3) is 5.61. The normalized spacial score (nSPS) is 11.8. The SMILES string of the molecule is CC(C(=O)Cc1ccc(C#N)cc1)N(C)CC(=O)Cc1cccc(F)c1. The number of benzene rings is 2. The van der Waals surface area contributed by atoms with Crippen LogP contribution in [0.5, 0.6) is 0 Å². The largest absolute Gasteiger partial charge is 0.298 e. The second kappa shape index (κ2) is 9.02. The molecule has 0 saturated carbocycles. The molecule has 2 rings (SSSR count). The lowest BCUT2D eigenvalue weighted by Crippen LogP contribution is -2.40. The first-order valence-electron chi connectivity index (χ1n) is 8.37. The van der Waals surface area contributed by atoms with Crippen molar-refractivity contribution in [1.29, 1.82) is 5.26 Å². The third-order valence-electron chi connectivity index (χ3n) is 4.30. The first kappa shape index (κ1) is 19.5. The summed E-state index contributed by atoms with van der Waals surface area (Å²) in [6, 6.07) is 14.5. The van der Waals surface area contributed by atoms with E-state index in [-0.39, 0.29) is 36.8 Å². The molecule has 5 heteroatoms. The molecular formula is C21H21FN2O2. The molecule has 1 atom stereocenters. The Labute approximate surface area is 152 Å². The summed E-state index contributed by atoms with van der Waals surface area (Å²) in [4.78, 5) is 26.3. The zero-order valence-electron chi connectivity index (χ0n) is 14.9. The Hall–Kier alpha value is -2.84. The lowest BCUT2D eigenvalue weighted by Gasteiger charge is -2.23. The third-order valence-corrected chi connectivity index (χ3v) is 4.30. The van der Waals surface area contributed by atoms with Crippen LogP contribution in [0, 0.1) is 17.1 Å². The molecule has 2 aromatic carbocycles. The van der Waals surface area contributed by atoms with E-state index in [9.17, 15) is 14.0 Å². The number of rotatable bonds is 8. The number of hydrogen-bond donors (Lipinski definition) is 0. The number of halogens is 1. The molecule has 0 saturated heterocycles. The maximum Gasteiger partial charge on any atom is 0.154 e. The van der Waals surface area contributed by atoms with E-state index in [1.807, 2.05) is 6.07 Å². The van der Waals surface area contributed by atoms with Crippen LogP contribution in [0.2, 0.25) is 0 Å². The number of nitriles is 1. The number of carbonyl (C=O) groups is 2. The van der Waals surface area contributed by atoms with Crippen LogP contribution in [0.4, 0.5) is 4.39 Å². The van der Waals surface area contributed by atoms with Gasteiger partial charge in [0.15, 0.2) is 11.6 Å².